The van der Waals surface area contributed by atoms with Crippen LogP contribution in [0.4, 0.5) is 5.69 Å². The number of hydrogen-bond donors (Lipinski definition) is 1. The Bertz CT molecular complexity index is 1180. The largest absolute Gasteiger partial charge is 0.494 e. The molecule has 3 fully saturated rings. The van der Waals surface area contributed by atoms with Crippen LogP contribution in [-0.2, 0) is 14.4 Å². The monoisotopic (exact) mass is 675 g/mol. The molecule has 1 spiro atoms. The fourth-order valence-corrected chi connectivity index (χ4v) is 10.7. The number of benzene rings is 1. The fraction of sp³-hybridized carbons (Fsp3) is 0.606. The first-order valence-corrected chi connectivity index (χ1v) is 17.3. The van der Waals surface area contributed by atoms with Crippen LogP contribution < -0.4 is 9.64 Å². The number of ether oxygens (including phenoxy) is 1. The molecule has 1 aromatic rings. The van der Waals surface area contributed by atoms with Crippen molar-refractivity contribution >= 4 is 51.1 Å². The van der Waals surface area contributed by atoms with Crippen LogP contribution in [0.3, 0.4) is 0 Å². The summed E-state index contributed by atoms with van der Waals surface area (Å²) in [5.41, 5.74) is 0.720. The molecular weight excluding hydrogens is 630 g/mol. The van der Waals surface area contributed by atoms with Crippen LogP contribution in [0.25, 0.3) is 0 Å². The van der Waals surface area contributed by atoms with E-state index in [4.69, 9.17) is 4.74 Å². The molecular formula is C33H46BrN3O5S. The number of aliphatic hydroxyl groups excluding tert-OH is 1. The van der Waals surface area contributed by atoms with Crippen molar-refractivity contribution in [2.24, 2.45) is 11.8 Å². The molecule has 43 heavy (non-hydrogen) atoms. The molecule has 236 valence electrons. The molecule has 4 rings (SSSR count). The molecule has 0 radical (unpaired) electrons. The van der Waals surface area contributed by atoms with Crippen LogP contribution in [0.2, 0.25) is 0 Å². The number of unbranched alkanes of at least 4 members (excludes halogenated alkanes) is 3. The number of rotatable bonds is 16. The molecule has 3 saturated heterocycles. The molecule has 3 unspecified atom stereocenters. The minimum atomic E-state index is -0.703. The number of carbonyl (C=O) groups is 3. The van der Waals surface area contributed by atoms with Gasteiger partial charge in [0.05, 0.1) is 23.2 Å². The molecule has 3 heterocycles. The maximum Gasteiger partial charge on any atom is 0.247 e. The smallest absolute Gasteiger partial charge is 0.247 e. The summed E-state index contributed by atoms with van der Waals surface area (Å²) in [6.45, 7) is 15.5. The Morgan fingerprint density at radius 1 is 1.14 bits per heavy atom. The predicted molar refractivity (Wildman–Crippen MR) is 177 cm³/mol. The lowest BCUT2D eigenvalue weighted by Crippen LogP contribution is -2.57. The molecule has 0 aromatic heterocycles. The number of aliphatic hydroxyl groups is 1. The van der Waals surface area contributed by atoms with Crippen molar-refractivity contribution in [1.82, 2.24) is 9.80 Å². The van der Waals surface area contributed by atoms with Crippen LogP contribution in [0.5, 0.6) is 5.75 Å². The second kappa shape index (κ2) is 14.7. The second-order valence-electron chi connectivity index (χ2n) is 11.9. The number of carbonyl (C=O) groups excluding carboxylic acids is 3. The summed E-state index contributed by atoms with van der Waals surface area (Å²) in [7, 11) is 0. The fourth-order valence-electron chi connectivity index (χ4n) is 7.05. The number of alkyl halides is 1. The number of thioether (sulfide) groups is 1. The lowest BCUT2D eigenvalue weighted by molar-refractivity contribution is -0.143. The van der Waals surface area contributed by atoms with Crippen molar-refractivity contribution in [3.05, 3.63) is 49.6 Å². The normalized spacial score (nSPS) is 27.3. The molecule has 1 aromatic carbocycles. The molecule has 0 aliphatic carbocycles. The SMILES string of the molecule is C=CCN(C(=O)[C@H]1[C@H]2C(=O)N(CCCCCCO)C(C(=O)N(CC=C)C(C)C)C23CC(Br)[C@@H]1S3)c1ccc(OCC)cc1. The van der Waals surface area contributed by atoms with Gasteiger partial charge in [0.2, 0.25) is 17.7 Å². The zero-order valence-electron chi connectivity index (χ0n) is 25.6. The van der Waals surface area contributed by atoms with E-state index in [1.54, 1.807) is 38.6 Å². The summed E-state index contributed by atoms with van der Waals surface area (Å²) in [6, 6.07) is 6.71. The average molecular weight is 677 g/mol. The highest BCUT2D eigenvalue weighted by molar-refractivity contribution is 9.09. The van der Waals surface area contributed by atoms with Gasteiger partial charge in [-0.3, -0.25) is 14.4 Å². The Balaban J connectivity index is 1.72. The summed E-state index contributed by atoms with van der Waals surface area (Å²) in [6.07, 6.45) is 7.24. The van der Waals surface area contributed by atoms with Crippen molar-refractivity contribution in [2.75, 3.05) is 37.7 Å². The van der Waals surface area contributed by atoms with Gasteiger partial charge in [-0.1, -0.05) is 40.9 Å². The van der Waals surface area contributed by atoms with Crippen molar-refractivity contribution in [1.29, 1.82) is 0 Å². The lowest BCUT2D eigenvalue weighted by atomic mass is 9.70. The summed E-state index contributed by atoms with van der Waals surface area (Å²) >= 11 is 5.54. The quantitative estimate of drug-likeness (QED) is 0.150. The van der Waals surface area contributed by atoms with E-state index in [1.807, 2.05) is 45.0 Å². The van der Waals surface area contributed by atoms with Crippen molar-refractivity contribution in [2.45, 2.75) is 79.8 Å². The van der Waals surface area contributed by atoms with Gasteiger partial charge in [0.1, 0.15) is 11.8 Å². The van der Waals surface area contributed by atoms with E-state index in [0.717, 1.165) is 30.7 Å². The van der Waals surface area contributed by atoms with E-state index in [2.05, 4.69) is 29.1 Å². The number of amides is 3. The van der Waals surface area contributed by atoms with E-state index in [9.17, 15) is 19.5 Å². The van der Waals surface area contributed by atoms with Gasteiger partial charge in [-0.25, -0.2) is 0 Å². The maximum atomic E-state index is 14.5. The first-order valence-electron chi connectivity index (χ1n) is 15.5. The highest BCUT2D eigenvalue weighted by Gasteiger charge is 2.76. The highest BCUT2D eigenvalue weighted by Crippen LogP contribution is 2.68. The van der Waals surface area contributed by atoms with Crippen LogP contribution >= 0.6 is 27.7 Å². The summed E-state index contributed by atoms with van der Waals surface area (Å²) in [5, 5.41) is 9.07. The van der Waals surface area contributed by atoms with E-state index in [0.29, 0.717) is 39.1 Å². The van der Waals surface area contributed by atoms with Crippen LogP contribution in [0.1, 0.15) is 52.9 Å². The number of hydrogen-bond acceptors (Lipinski definition) is 6. The molecule has 6 atom stereocenters. The van der Waals surface area contributed by atoms with E-state index >= 15 is 0 Å². The third kappa shape index (κ3) is 6.43. The van der Waals surface area contributed by atoms with Crippen molar-refractivity contribution < 1.29 is 24.2 Å². The summed E-state index contributed by atoms with van der Waals surface area (Å²) in [5.74, 6) is -0.735. The van der Waals surface area contributed by atoms with Crippen LogP contribution in [0.15, 0.2) is 49.6 Å². The van der Waals surface area contributed by atoms with Gasteiger partial charge in [0.25, 0.3) is 0 Å². The van der Waals surface area contributed by atoms with Gasteiger partial charge in [-0.15, -0.1) is 24.9 Å². The molecule has 2 bridgehead atoms. The number of nitrogens with zero attached hydrogens (tertiary/aromatic N) is 3. The molecule has 1 N–H and O–H groups in total. The molecule has 10 heteroatoms. The Hall–Kier alpha value is -2.30. The summed E-state index contributed by atoms with van der Waals surface area (Å²) in [4.78, 5) is 48.7. The Morgan fingerprint density at radius 2 is 1.81 bits per heavy atom. The molecule has 8 nitrogen and oxygen atoms in total. The van der Waals surface area contributed by atoms with Gasteiger partial charge in [0.15, 0.2) is 0 Å². The number of likely N-dealkylation sites (tertiary alicyclic amines) is 1. The van der Waals surface area contributed by atoms with Gasteiger partial charge in [-0.2, -0.15) is 0 Å². The minimum Gasteiger partial charge on any atom is -0.494 e. The van der Waals surface area contributed by atoms with Gasteiger partial charge < -0.3 is 24.5 Å². The standard InChI is InChI=1S/C33H46BrN3O5S/c1-6-17-35(22(4)5)32(41)29-33-21-25(34)28(43-33)26(27(33)31(40)37(29)19-11-9-10-12-20-38)30(39)36(18-7-2)23-13-15-24(16-14-23)42-8-3/h6-7,13-16,22,25-29,38H,1-2,8-12,17-21H2,3-5H3/t25?,26-,27-,28-,29?,33?/m0/s1. The zero-order valence-corrected chi connectivity index (χ0v) is 28.0. The first-order chi connectivity index (χ1) is 20.7. The number of fused-ring (bicyclic) bond motifs is 1. The molecule has 0 saturated carbocycles. The van der Waals surface area contributed by atoms with Gasteiger partial charge in [-0.05, 0) is 64.3 Å². The highest BCUT2D eigenvalue weighted by atomic mass is 79.9. The Labute approximate surface area is 269 Å². The third-order valence-corrected chi connectivity index (χ3v) is 12.1. The molecule has 3 amide bonds. The van der Waals surface area contributed by atoms with Gasteiger partial charge in [0, 0.05) is 48.0 Å². The second-order valence-corrected chi connectivity index (χ2v) is 14.6. The Morgan fingerprint density at radius 3 is 2.42 bits per heavy atom. The van der Waals surface area contributed by atoms with E-state index in [1.165, 1.54) is 0 Å². The number of halogens is 1. The predicted octanol–water partition coefficient (Wildman–Crippen LogP) is 5.04. The topological polar surface area (TPSA) is 90.4 Å². The minimum absolute atomic E-state index is 0.00637. The molecule has 3 aliphatic heterocycles. The molecule has 3 aliphatic rings. The average Bonchev–Trinajstić information content (AvgIpc) is 3.57. The third-order valence-electron chi connectivity index (χ3n) is 8.88. The van der Waals surface area contributed by atoms with Crippen LogP contribution in [0, 0.1) is 11.8 Å². The zero-order chi connectivity index (χ0) is 31.3. The lowest BCUT2D eigenvalue weighted by Gasteiger charge is -2.39. The number of anilines is 1. The van der Waals surface area contributed by atoms with Gasteiger partial charge >= 0.3 is 0 Å². The maximum absolute atomic E-state index is 14.5. The van der Waals surface area contributed by atoms with E-state index < -0.39 is 22.6 Å². The first kappa shape index (κ1) is 33.6. The van der Waals surface area contributed by atoms with Crippen LogP contribution in [-0.4, -0.2) is 92.4 Å². The Kier molecular flexibility index (Phi) is 11.4. The van der Waals surface area contributed by atoms with Crippen molar-refractivity contribution in [3.8, 4) is 5.75 Å². The van der Waals surface area contributed by atoms with Crippen molar-refractivity contribution in [3.63, 3.8) is 0 Å². The summed E-state index contributed by atoms with van der Waals surface area (Å²) < 4.78 is 4.90. The van der Waals surface area contributed by atoms with E-state index in [-0.39, 0.29) is 40.4 Å².